The number of benzene rings is 2. The first kappa shape index (κ1) is 22.4. The van der Waals surface area contributed by atoms with Crippen LogP contribution in [0.1, 0.15) is 31.0 Å². The fraction of sp³-hybridized carbons (Fsp3) is 0.348. The second-order valence-corrected chi connectivity index (χ2v) is 7.96. The Hall–Kier alpha value is -3.79. The molecule has 1 aromatic heterocycles. The summed E-state index contributed by atoms with van der Waals surface area (Å²) >= 11 is 0. The van der Waals surface area contributed by atoms with Crippen LogP contribution < -0.4 is 10.1 Å². The number of piperidine rings is 1. The fourth-order valence-corrected chi connectivity index (χ4v) is 3.97. The molecule has 33 heavy (non-hydrogen) atoms. The molecule has 0 saturated carbocycles. The van der Waals surface area contributed by atoms with Crippen molar-refractivity contribution in [2.75, 3.05) is 32.1 Å². The lowest BCUT2D eigenvalue weighted by Gasteiger charge is -2.30. The number of carbonyl (C=O) groups is 1. The number of nitrogens with zero attached hydrogens (tertiary/aromatic N) is 4. The summed E-state index contributed by atoms with van der Waals surface area (Å²) in [7, 11) is 1.44. The minimum Gasteiger partial charge on any atom is -0.496 e. The number of nitro groups is 1. The lowest BCUT2D eigenvalue weighted by Crippen LogP contribution is -2.35. The quantitative estimate of drug-likeness (QED) is 0.397. The van der Waals surface area contributed by atoms with E-state index in [2.05, 4.69) is 25.4 Å². The van der Waals surface area contributed by atoms with E-state index >= 15 is 0 Å². The topological polar surface area (TPSA) is 126 Å². The number of nitro benzene ring substituents is 1. The SMILES string of the molecule is COc1ccc(NC(=O)CCN2CCC(c3nc(-c4ccccc4)n[nH]3)CC2)c([N+](=O)[O-])c1. The average Bonchev–Trinajstić information content (AvgIpc) is 3.34. The molecule has 1 aliphatic rings. The van der Waals surface area contributed by atoms with Crippen LogP contribution in [0.3, 0.4) is 0 Å². The zero-order valence-electron chi connectivity index (χ0n) is 18.4. The number of anilines is 1. The Balaban J connectivity index is 1.26. The highest BCUT2D eigenvalue weighted by Gasteiger charge is 2.24. The van der Waals surface area contributed by atoms with Gasteiger partial charge in [-0.2, -0.15) is 5.10 Å². The molecule has 4 rings (SSSR count). The molecule has 1 amide bonds. The van der Waals surface area contributed by atoms with Gasteiger partial charge in [-0.25, -0.2) is 4.98 Å². The molecule has 10 nitrogen and oxygen atoms in total. The number of amides is 1. The lowest BCUT2D eigenvalue weighted by atomic mass is 9.96. The van der Waals surface area contributed by atoms with Crippen LogP contribution in [-0.4, -0.2) is 57.7 Å². The summed E-state index contributed by atoms with van der Waals surface area (Å²) in [5.41, 5.74) is 0.968. The molecule has 2 N–H and O–H groups in total. The number of rotatable bonds is 8. The Labute approximate surface area is 191 Å². The van der Waals surface area contributed by atoms with Crippen molar-refractivity contribution in [3.05, 3.63) is 64.5 Å². The Kier molecular flexibility index (Phi) is 6.94. The van der Waals surface area contributed by atoms with E-state index in [0.717, 1.165) is 37.3 Å². The third-order valence-electron chi connectivity index (χ3n) is 5.84. The number of hydrogen-bond donors (Lipinski definition) is 2. The van der Waals surface area contributed by atoms with Crippen molar-refractivity contribution in [3.63, 3.8) is 0 Å². The summed E-state index contributed by atoms with van der Waals surface area (Å²) in [5, 5.41) is 21.4. The van der Waals surface area contributed by atoms with Crippen LogP contribution in [0.2, 0.25) is 0 Å². The van der Waals surface area contributed by atoms with Crippen LogP contribution in [0, 0.1) is 10.1 Å². The van der Waals surface area contributed by atoms with Crippen LogP contribution >= 0.6 is 0 Å². The maximum atomic E-state index is 12.4. The number of H-pyrrole nitrogens is 1. The van der Waals surface area contributed by atoms with E-state index in [1.165, 1.54) is 19.2 Å². The van der Waals surface area contributed by atoms with E-state index in [-0.39, 0.29) is 23.7 Å². The zero-order valence-corrected chi connectivity index (χ0v) is 18.4. The maximum Gasteiger partial charge on any atom is 0.296 e. The Morgan fingerprint density at radius 2 is 2.00 bits per heavy atom. The summed E-state index contributed by atoms with van der Waals surface area (Å²) in [6, 6.07) is 14.2. The van der Waals surface area contributed by atoms with E-state index in [0.29, 0.717) is 24.0 Å². The van der Waals surface area contributed by atoms with Crippen molar-refractivity contribution in [1.29, 1.82) is 0 Å². The predicted molar refractivity (Wildman–Crippen MR) is 123 cm³/mol. The summed E-state index contributed by atoms with van der Waals surface area (Å²) in [5.74, 6) is 2.02. The summed E-state index contributed by atoms with van der Waals surface area (Å²) < 4.78 is 5.02. The van der Waals surface area contributed by atoms with E-state index in [1.807, 2.05) is 30.3 Å². The van der Waals surface area contributed by atoms with Gasteiger partial charge in [-0.15, -0.1) is 0 Å². The molecule has 2 aromatic carbocycles. The summed E-state index contributed by atoms with van der Waals surface area (Å²) in [6.45, 7) is 2.29. The predicted octanol–water partition coefficient (Wildman–Crippen LogP) is 3.60. The van der Waals surface area contributed by atoms with Crippen molar-refractivity contribution in [2.24, 2.45) is 0 Å². The van der Waals surface area contributed by atoms with Gasteiger partial charge < -0.3 is 15.0 Å². The van der Waals surface area contributed by atoms with Gasteiger partial charge in [0.05, 0.1) is 18.1 Å². The van der Waals surface area contributed by atoms with Crippen molar-refractivity contribution in [2.45, 2.75) is 25.2 Å². The average molecular weight is 450 g/mol. The zero-order chi connectivity index (χ0) is 23.2. The first-order valence-corrected chi connectivity index (χ1v) is 10.9. The molecule has 1 fully saturated rings. The number of aromatic nitrogens is 3. The molecule has 0 aliphatic carbocycles. The largest absolute Gasteiger partial charge is 0.496 e. The van der Waals surface area contributed by atoms with Gasteiger partial charge in [0.25, 0.3) is 5.69 Å². The maximum absolute atomic E-state index is 12.4. The minimum absolute atomic E-state index is 0.170. The standard InChI is InChI=1S/C23H26N6O4/c1-33-18-7-8-19(20(15-18)29(31)32)24-21(30)11-14-28-12-9-17(10-13-28)23-25-22(26-27-23)16-5-3-2-4-6-16/h2-8,15,17H,9-14H2,1H3,(H,24,30)(H,25,26,27). The van der Waals surface area contributed by atoms with E-state index in [4.69, 9.17) is 4.74 Å². The number of nitrogens with one attached hydrogen (secondary N) is 2. The number of likely N-dealkylation sites (tertiary alicyclic amines) is 1. The van der Waals surface area contributed by atoms with Crippen LogP contribution in [0.4, 0.5) is 11.4 Å². The highest BCUT2D eigenvalue weighted by Crippen LogP contribution is 2.29. The van der Waals surface area contributed by atoms with Gasteiger partial charge in [0.2, 0.25) is 5.91 Å². The van der Waals surface area contributed by atoms with Crippen LogP contribution in [-0.2, 0) is 4.79 Å². The molecular weight excluding hydrogens is 424 g/mol. The molecule has 1 saturated heterocycles. The molecule has 0 unspecified atom stereocenters. The normalized spacial score (nSPS) is 14.7. The Morgan fingerprint density at radius 1 is 1.24 bits per heavy atom. The van der Waals surface area contributed by atoms with Gasteiger partial charge in [-0.1, -0.05) is 30.3 Å². The van der Waals surface area contributed by atoms with Crippen LogP contribution in [0.15, 0.2) is 48.5 Å². The van der Waals surface area contributed by atoms with E-state index < -0.39 is 4.92 Å². The Bertz CT molecular complexity index is 1110. The highest BCUT2D eigenvalue weighted by atomic mass is 16.6. The number of methoxy groups -OCH3 is 1. The second-order valence-electron chi connectivity index (χ2n) is 7.96. The van der Waals surface area contributed by atoms with Crippen molar-refractivity contribution in [3.8, 4) is 17.1 Å². The molecule has 0 radical (unpaired) electrons. The van der Waals surface area contributed by atoms with Crippen molar-refractivity contribution >= 4 is 17.3 Å². The highest BCUT2D eigenvalue weighted by molar-refractivity contribution is 5.93. The lowest BCUT2D eigenvalue weighted by molar-refractivity contribution is -0.384. The smallest absolute Gasteiger partial charge is 0.296 e. The molecule has 3 aromatic rings. The van der Waals surface area contributed by atoms with Gasteiger partial charge in [0.1, 0.15) is 17.3 Å². The van der Waals surface area contributed by atoms with Gasteiger partial charge in [-0.05, 0) is 38.1 Å². The number of ether oxygens (including phenoxy) is 1. The third-order valence-corrected chi connectivity index (χ3v) is 5.84. The second kappa shape index (κ2) is 10.2. The van der Waals surface area contributed by atoms with Gasteiger partial charge in [0.15, 0.2) is 5.82 Å². The minimum atomic E-state index is -0.532. The van der Waals surface area contributed by atoms with Gasteiger partial charge in [-0.3, -0.25) is 20.0 Å². The molecule has 0 bridgehead atoms. The monoisotopic (exact) mass is 450 g/mol. The van der Waals surface area contributed by atoms with Gasteiger partial charge in [0, 0.05) is 24.4 Å². The molecule has 10 heteroatoms. The molecule has 2 heterocycles. The van der Waals surface area contributed by atoms with Gasteiger partial charge >= 0.3 is 0 Å². The number of aromatic amines is 1. The van der Waals surface area contributed by atoms with E-state index in [9.17, 15) is 14.9 Å². The number of hydrogen-bond acceptors (Lipinski definition) is 7. The molecule has 0 spiro atoms. The van der Waals surface area contributed by atoms with Crippen molar-refractivity contribution < 1.29 is 14.5 Å². The fourth-order valence-electron chi connectivity index (χ4n) is 3.97. The third kappa shape index (κ3) is 5.53. The molecule has 172 valence electrons. The first-order chi connectivity index (χ1) is 16.0. The molecular formula is C23H26N6O4. The molecule has 0 atom stereocenters. The van der Waals surface area contributed by atoms with Crippen LogP contribution in [0.5, 0.6) is 5.75 Å². The summed E-state index contributed by atoms with van der Waals surface area (Å²) in [6.07, 6.45) is 2.11. The summed E-state index contributed by atoms with van der Waals surface area (Å²) in [4.78, 5) is 30.0. The molecule has 1 aliphatic heterocycles. The Morgan fingerprint density at radius 3 is 2.70 bits per heavy atom. The van der Waals surface area contributed by atoms with E-state index in [1.54, 1.807) is 6.07 Å². The first-order valence-electron chi connectivity index (χ1n) is 10.9. The number of carbonyl (C=O) groups excluding carboxylic acids is 1. The van der Waals surface area contributed by atoms with Crippen molar-refractivity contribution in [1.82, 2.24) is 20.1 Å². The van der Waals surface area contributed by atoms with Crippen LogP contribution in [0.25, 0.3) is 11.4 Å².